The summed E-state index contributed by atoms with van der Waals surface area (Å²) in [5.74, 6) is -0.834. The van der Waals surface area contributed by atoms with Crippen LogP contribution in [0.1, 0.15) is 45.2 Å². The van der Waals surface area contributed by atoms with Crippen molar-refractivity contribution in [3.63, 3.8) is 0 Å². The summed E-state index contributed by atoms with van der Waals surface area (Å²) in [4.78, 5) is 38.8. The molecule has 0 fully saturated rings. The van der Waals surface area contributed by atoms with Crippen LogP contribution in [0.2, 0.25) is 0 Å². The second kappa shape index (κ2) is 9.73. The number of benzene rings is 1. The smallest absolute Gasteiger partial charge is 0.328 e. The number of halogens is 1. The lowest BCUT2D eigenvalue weighted by Gasteiger charge is -2.30. The van der Waals surface area contributed by atoms with Crippen LogP contribution in [0.5, 0.6) is 0 Å². The molecule has 7 heteroatoms. The standard InChI is InChI=1S/C20H28BrNO4S/c1-12-8-9-15(21)13(2)18(12)22(14(3)19(25)26-7)16(23)11-27-17(24)10-20(4,5)6/h8-9,14H,10-11H2,1-7H3/t14-/m0/s1. The van der Waals surface area contributed by atoms with Gasteiger partial charge in [0.2, 0.25) is 5.91 Å². The Bertz CT molecular complexity index is 727. The van der Waals surface area contributed by atoms with Gasteiger partial charge < -0.3 is 4.74 Å². The van der Waals surface area contributed by atoms with Gasteiger partial charge in [-0.3, -0.25) is 14.5 Å². The molecule has 0 saturated heterocycles. The van der Waals surface area contributed by atoms with Gasteiger partial charge in [0, 0.05) is 10.9 Å². The van der Waals surface area contributed by atoms with Gasteiger partial charge in [-0.1, -0.05) is 54.5 Å². The van der Waals surface area contributed by atoms with E-state index in [1.165, 1.54) is 12.0 Å². The first-order chi connectivity index (χ1) is 12.4. The summed E-state index contributed by atoms with van der Waals surface area (Å²) in [6.07, 6.45) is 0.381. The zero-order chi connectivity index (χ0) is 20.9. The average Bonchev–Trinajstić information content (AvgIpc) is 2.57. The fourth-order valence-electron chi connectivity index (χ4n) is 2.69. The molecule has 0 unspecified atom stereocenters. The van der Waals surface area contributed by atoms with E-state index in [0.29, 0.717) is 12.1 Å². The van der Waals surface area contributed by atoms with Crippen molar-refractivity contribution in [2.75, 3.05) is 17.8 Å². The number of carbonyl (C=O) groups excluding carboxylic acids is 3. The molecule has 1 aromatic rings. The van der Waals surface area contributed by atoms with Gasteiger partial charge in [0.05, 0.1) is 18.6 Å². The molecule has 1 atom stereocenters. The van der Waals surface area contributed by atoms with Crippen LogP contribution < -0.4 is 4.90 Å². The normalized spacial score (nSPS) is 12.4. The van der Waals surface area contributed by atoms with Gasteiger partial charge in [-0.15, -0.1) is 0 Å². The van der Waals surface area contributed by atoms with Crippen molar-refractivity contribution >= 4 is 50.4 Å². The van der Waals surface area contributed by atoms with Crippen LogP contribution >= 0.6 is 27.7 Å². The molecule has 27 heavy (non-hydrogen) atoms. The maximum atomic E-state index is 13.0. The molecule has 1 amide bonds. The summed E-state index contributed by atoms with van der Waals surface area (Å²) in [5.41, 5.74) is 2.25. The predicted molar refractivity (Wildman–Crippen MR) is 114 cm³/mol. The van der Waals surface area contributed by atoms with Crippen LogP contribution in [0.25, 0.3) is 0 Å². The molecular weight excluding hydrogens is 430 g/mol. The number of hydrogen-bond donors (Lipinski definition) is 0. The molecule has 0 spiro atoms. The Labute approximate surface area is 174 Å². The summed E-state index contributed by atoms with van der Waals surface area (Å²) < 4.78 is 5.69. The molecule has 0 aliphatic rings. The van der Waals surface area contributed by atoms with Gasteiger partial charge in [-0.05, 0) is 43.4 Å². The third kappa shape index (κ3) is 6.64. The number of anilines is 1. The zero-order valence-corrected chi connectivity index (χ0v) is 19.4. The van der Waals surface area contributed by atoms with Crippen molar-refractivity contribution in [3.05, 3.63) is 27.7 Å². The molecule has 0 bridgehead atoms. The van der Waals surface area contributed by atoms with E-state index in [1.807, 2.05) is 46.8 Å². The fraction of sp³-hybridized carbons (Fsp3) is 0.550. The number of nitrogens with zero attached hydrogens (tertiary/aromatic N) is 1. The van der Waals surface area contributed by atoms with E-state index in [9.17, 15) is 14.4 Å². The molecule has 0 aliphatic heterocycles. The average molecular weight is 458 g/mol. The van der Waals surface area contributed by atoms with Gasteiger partial charge in [-0.2, -0.15) is 0 Å². The van der Waals surface area contributed by atoms with Gasteiger partial charge in [0.15, 0.2) is 5.12 Å². The number of esters is 1. The minimum Gasteiger partial charge on any atom is -0.467 e. The molecule has 150 valence electrons. The summed E-state index contributed by atoms with van der Waals surface area (Å²) in [7, 11) is 1.30. The molecule has 5 nitrogen and oxygen atoms in total. The molecule has 0 aromatic heterocycles. The number of ether oxygens (including phenoxy) is 1. The second-order valence-corrected chi connectivity index (χ2v) is 9.59. The van der Waals surface area contributed by atoms with Crippen LogP contribution in [0.15, 0.2) is 16.6 Å². The van der Waals surface area contributed by atoms with Crippen molar-refractivity contribution < 1.29 is 19.1 Å². The van der Waals surface area contributed by atoms with Crippen molar-refractivity contribution in [3.8, 4) is 0 Å². The number of methoxy groups -OCH3 is 1. The highest BCUT2D eigenvalue weighted by molar-refractivity contribution is 9.10. The molecule has 0 saturated carbocycles. The molecule has 0 radical (unpaired) electrons. The highest BCUT2D eigenvalue weighted by Gasteiger charge is 2.31. The quantitative estimate of drug-likeness (QED) is 0.581. The molecule has 1 rings (SSSR count). The molecule has 0 heterocycles. The van der Waals surface area contributed by atoms with Gasteiger partial charge in [0.25, 0.3) is 0 Å². The third-order valence-corrected chi connectivity index (χ3v) is 5.75. The summed E-state index contributed by atoms with van der Waals surface area (Å²) in [6, 6.07) is 2.99. The van der Waals surface area contributed by atoms with E-state index in [0.717, 1.165) is 27.4 Å². The number of rotatable bonds is 6. The maximum Gasteiger partial charge on any atom is 0.328 e. The van der Waals surface area contributed by atoms with Crippen LogP contribution in [-0.2, 0) is 19.1 Å². The predicted octanol–water partition coefficient (Wildman–Crippen LogP) is 4.66. The highest BCUT2D eigenvalue weighted by Crippen LogP contribution is 2.33. The monoisotopic (exact) mass is 457 g/mol. The number of hydrogen-bond acceptors (Lipinski definition) is 5. The van der Waals surface area contributed by atoms with Gasteiger partial charge in [-0.25, -0.2) is 4.79 Å². The van der Waals surface area contributed by atoms with E-state index in [1.54, 1.807) is 6.92 Å². The van der Waals surface area contributed by atoms with Crippen molar-refractivity contribution in [2.24, 2.45) is 5.41 Å². The Morgan fingerprint density at radius 2 is 1.81 bits per heavy atom. The summed E-state index contributed by atoms with van der Waals surface area (Å²) >= 11 is 4.48. The van der Waals surface area contributed by atoms with E-state index < -0.39 is 12.0 Å². The van der Waals surface area contributed by atoms with Crippen LogP contribution in [0.3, 0.4) is 0 Å². The van der Waals surface area contributed by atoms with Crippen molar-refractivity contribution in [1.29, 1.82) is 0 Å². The van der Waals surface area contributed by atoms with Crippen molar-refractivity contribution in [2.45, 2.75) is 54.0 Å². The Balaban J connectivity index is 3.17. The fourth-order valence-corrected chi connectivity index (χ4v) is 3.97. The Hall–Kier alpha value is -1.34. The summed E-state index contributed by atoms with van der Waals surface area (Å²) in [6.45, 7) is 11.3. The van der Waals surface area contributed by atoms with E-state index in [-0.39, 0.29) is 22.2 Å². The zero-order valence-electron chi connectivity index (χ0n) is 17.0. The minimum atomic E-state index is -0.799. The third-order valence-electron chi connectivity index (χ3n) is 4.04. The topological polar surface area (TPSA) is 63.7 Å². The summed E-state index contributed by atoms with van der Waals surface area (Å²) in [5, 5.41) is -0.0378. The van der Waals surface area contributed by atoms with E-state index in [4.69, 9.17) is 4.74 Å². The first-order valence-corrected chi connectivity index (χ1v) is 10.5. The molecular formula is C20H28BrNO4S. The number of thioether (sulfide) groups is 1. The Morgan fingerprint density at radius 3 is 2.33 bits per heavy atom. The second-order valence-electron chi connectivity index (χ2n) is 7.70. The number of aryl methyl sites for hydroxylation is 1. The minimum absolute atomic E-state index is 0.0261. The number of amides is 1. The Morgan fingerprint density at radius 1 is 1.22 bits per heavy atom. The van der Waals surface area contributed by atoms with Crippen LogP contribution in [0, 0.1) is 19.3 Å². The first-order valence-electron chi connectivity index (χ1n) is 8.70. The van der Waals surface area contributed by atoms with Gasteiger partial charge in [0.1, 0.15) is 6.04 Å². The lowest BCUT2D eigenvalue weighted by atomic mass is 9.93. The van der Waals surface area contributed by atoms with Crippen LogP contribution in [-0.4, -0.2) is 35.9 Å². The van der Waals surface area contributed by atoms with Crippen LogP contribution in [0.4, 0.5) is 5.69 Å². The highest BCUT2D eigenvalue weighted by atomic mass is 79.9. The van der Waals surface area contributed by atoms with E-state index in [2.05, 4.69) is 15.9 Å². The largest absolute Gasteiger partial charge is 0.467 e. The lowest BCUT2D eigenvalue weighted by molar-refractivity contribution is -0.142. The molecule has 0 N–H and O–H groups in total. The molecule has 0 aliphatic carbocycles. The number of carbonyl (C=O) groups is 3. The molecule has 1 aromatic carbocycles. The Kier molecular flexibility index (Phi) is 8.54. The lowest BCUT2D eigenvalue weighted by Crippen LogP contribution is -2.46. The van der Waals surface area contributed by atoms with E-state index >= 15 is 0 Å². The van der Waals surface area contributed by atoms with Crippen molar-refractivity contribution in [1.82, 2.24) is 0 Å². The van der Waals surface area contributed by atoms with Gasteiger partial charge >= 0.3 is 5.97 Å². The maximum absolute atomic E-state index is 13.0. The first kappa shape index (κ1) is 23.7. The SMILES string of the molecule is COC(=O)[C@H](C)N(C(=O)CSC(=O)CC(C)(C)C)c1c(C)ccc(Br)c1C.